The van der Waals surface area contributed by atoms with Crippen LogP contribution in [0.4, 0.5) is 0 Å². The molecule has 0 bridgehead atoms. The van der Waals surface area contributed by atoms with Gasteiger partial charge in [-0.1, -0.05) is 40.7 Å². The van der Waals surface area contributed by atoms with Gasteiger partial charge in [0, 0.05) is 16.5 Å². The number of hydrogen-bond donors (Lipinski definition) is 3. The third kappa shape index (κ3) is 3.70. The van der Waals surface area contributed by atoms with Crippen LogP contribution >= 0.6 is 0 Å². The number of aromatic hydroxyl groups is 1. The van der Waals surface area contributed by atoms with E-state index in [1.54, 1.807) is 18.2 Å². The molecule has 0 radical (unpaired) electrons. The summed E-state index contributed by atoms with van der Waals surface area (Å²) in [6, 6.07) is 3.36. The van der Waals surface area contributed by atoms with Gasteiger partial charge < -0.3 is 15.3 Å². The average Bonchev–Trinajstić information content (AvgIpc) is 2.38. The van der Waals surface area contributed by atoms with E-state index in [9.17, 15) is 15.0 Å². The summed E-state index contributed by atoms with van der Waals surface area (Å²) in [6.07, 6.45) is 2.90. The van der Waals surface area contributed by atoms with E-state index in [0.717, 1.165) is 0 Å². The Morgan fingerprint density at radius 3 is 2.00 bits per heavy atom. The summed E-state index contributed by atoms with van der Waals surface area (Å²) >= 11 is 0. The average molecular weight is 304 g/mol. The fourth-order valence-corrected chi connectivity index (χ4v) is 2.13. The normalized spacial score (nSPS) is 13.0. The Morgan fingerprint density at radius 1 is 1.09 bits per heavy atom. The fourth-order valence-electron chi connectivity index (χ4n) is 2.13. The van der Waals surface area contributed by atoms with Crippen LogP contribution in [0.25, 0.3) is 6.08 Å². The summed E-state index contributed by atoms with van der Waals surface area (Å²) in [4.78, 5) is 10.8. The molecule has 0 saturated heterocycles. The summed E-state index contributed by atoms with van der Waals surface area (Å²) in [5.74, 6) is -1.97. The van der Waals surface area contributed by atoms with Crippen LogP contribution in [0, 0.1) is 0 Å². The molecule has 1 aromatic rings. The van der Waals surface area contributed by atoms with Crippen LogP contribution in [0.1, 0.15) is 51.3 Å². The lowest BCUT2D eigenvalue weighted by atomic mass is 9.77. The second-order valence-electron chi connectivity index (χ2n) is 6.98. The molecule has 0 fully saturated rings. The summed E-state index contributed by atoms with van der Waals surface area (Å²) in [6.45, 7) is 13.5. The van der Waals surface area contributed by atoms with Gasteiger partial charge in [0.25, 0.3) is 0 Å². The van der Waals surface area contributed by atoms with E-state index >= 15 is 0 Å². The van der Waals surface area contributed by atoms with Gasteiger partial charge in [-0.2, -0.15) is 0 Å². The molecule has 0 amide bonds. The van der Waals surface area contributed by atoms with Crippen molar-refractivity contribution < 1.29 is 20.1 Å². The Hall–Kier alpha value is -2.23. The van der Waals surface area contributed by atoms with E-state index in [0.29, 0.717) is 16.7 Å². The molecule has 3 N–H and O–H groups in total. The predicted octanol–water partition coefficient (Wildman–Crippen LogP) is 4.14. The van der Waals surface area contributed by atoms with Gasteiger partial charge in [-0.05, 0) is 29.2 Å². The number of phenols is 1. The topological polar surface area (TPSA) is 77.8 Å². The van der Waals surface area contributed by atoms with Crippen LogP contribution < -0.4 is 0 Å². The lowest BCUT2D eigenvalue weighted by Crippen LogP contribution is -2.18. The van der Waals surface area contributed by atoms with Gasteiger partial charge >= 0.3 is 5.97 Å². The highest BCUT2D eigenvalue weighted by Gasteiger charge is 2.27. The zero-order chi connectivity index (χ0) is 17.3. The van der Waals surface area contributed by atoms with Crippen LogP contribution in [-0.2, 0) is 15.6 Å². The number of aliphatic hydroxyl groups excluding tert-OH is 1. The molecule has 0 heterocycles. The summed E-state index contributed by atoms with van der Waals surface area (Å²) < 4.78 is 0. The highest BCUT2D eigenvalue weighted by atomic mass is 16.4. The largest absolute Gasteiger partial charge is 0.507 e. The number of carboxylic acid groups (broad SMARTS) is 1. The van der Waals surface area contributed by atoms with Gasteiger partial charge in [0.1, 0.15) is 5.75 Å². The van der Waals surface area contributed by atoms with Gasteiger partial charge in [-0.3, -0.25) is 0 Å². The maximum atomic E-state index is 10.8. The first-order chi connectivity index (χ1) is 9.90. The number of rotatable bonds is 4. The van der Waals surface area contributed by atoms with Crippen LogP contribution in [0.15, 0.2) is 30.5 Å². The lowest BCUT2D eigenvalue weighted by molar-refractivity contribution is -0.135. The Bertz CT molecular complexity index is 631. The number of carboxylic acids is 1. The third-order valence-electron chi connectivity index (χ3n) is 3.67. The molecule has 1 rings (SSSR count). The molecule has 0 aliphatic heterocycles. The van der Waals surface area contributed by atoms with E-state index in [1.807, 2.05) is 34.6 Å². The molecule has 0 aliphatic rings. The maximum absolute atomic E-state index is 10.8. The van der Waals surface area contributed by atoms with E-state index in [-0.39, 0.29) is 11.2 Å². The summed E-state index contributed by atoms with van der Waals surface area (Å²) in [5.41, 5.74) is 1.02. The Labute approximate surface area is 131 Å². The van der Waals surface area contributed by atoms with Gasteiger partial charge in [-0.15, -0.1) is 6.58 Å². The molecular formula is C18H24O4. The second kappa shape index (κ2) is 5.87. The molecule has 0 spiro atoms. The molecule has 0 atom stereocenters. The monoisotopic (exact) mass is 304 g/mol. The standard InChI is InChI=1S/C18H24O4/c1-7-18(5,6)13-9-11(10-14(19)16(21)22)8-12(15(13)20)17(2,3)4/h7-10,19-20H,1H2,2-6H3,(H,21,22). The second-order valence-corrected chi connectivity index (χ2v) is 6.98. The van der Waals surface area contributed by atoms with Crippen LogP contribution in [0.5, 0.6) is 5.75 Å². The van der Waals surface area contributed by atoms with Gasteiger partial charge in [-0.25, -0.2) is 4.79 Å². The van der Waals surface area contributed by atoms with Gasteiger partial charge in [0.15, 0.2) is 0 Å². The van der Waals surface area contributed by atoms with Crippen LogP contribution in [0.2, 0.25) is 0 Å². The molecule has 0 unspecified atom stereocenters. The fraction of sp³-hybridized carbons (Fsp3) is 0.389. The van der Waals surface area contributed by atoms with Crippen LogP contribution in [0.3, 0.4) is 0 Å². The molecule has 4 nitrogen and oxygen atoms in total. The van der Waals surface area contributed by atoms with Crippen LogP contribution in [-0.4, -0.2) is 21.3 Å². The molecule has 1 aromatic carbocycles. The molecule has 0 aliphatic carbocycles. The highest BCUT2D eigenvalue weighted by Crippen LogP contribution is 2.40. The molecule has 4 heteroatoms. The zero-order valence-corrected chi connectivity index (χ0v) is 13.8. The van der Waals surface area contributed by atoms with Crippen molar-refractivity contribution in [2.45, 2.75) is 45.4 Å². The Balaban J connectivity index is 3.70. The number of aliphatic carboxylic acids is 1. The lowest BCUT2D eigenvalue weighted by Gasteiger charge is -2.28. The van der Waals surface area contributed by atoms with Crippen molar-refractivity contribution in [1.29, 1.82) is 0 Å². The smallest absolute Gasteiger partial charge is 0.370 e. The van der Waals surface area contributed by atoms with Crippen molar-refractivity contribution in [3.63, 3.8) is 0 Å². The predicted molar refractivity (Wildman–Crippen MR) is 88.3 cm³/mol. The number of allylic oxidation sites excluding steroid dienone is 1. The van der Waals surface area contributed by atoms with E-state index in [1.165, 1.54) is 6.08 Å². The minimum atomic E-state index is -1.39. The minimum absolute atomic E-state index is 0.171. The molecule has 0 aromatic heterocycles. The number of hydrogen-bond acceptors (Lipinski definition) is 3. The SMILES string of the molecule is C=CC(C)(C)c1cc(C=C(O)C(=O)O)cc(C(C)(C)C)c1O. The number of carbonyl (C=O) groups is 1. The van der Waals surface area contributed by atoms with Crippen molar-refractivity contribution >= 4 is 12.0 Å². The van der Waals surface area contributed by atoms with Crippen molar-refractivity contribution in [2.24, 2.45) is 0 Å². The van der Waals surface area contributed by atoms with E-state index in [4.69, 9.17) is 5.11 Å². The third-order valence-corrected chi connectivity index (χ3v) is 3.67. The van der Waals surface area contributed by atoms with Gasteiger partial charge in [0.2, 0.25) is 5.76 Å². The minimum Gasteiger partial charge on any atom is -0.507 e. The molecule has 0 saturated carbocycles. The molecular weight excluding hydrogens is 280 g/mol. The molecule has 22 heavy (non-hydrogen) atoms. The quantitative estimate of drug-likeness (QED) is 0.444. The van der Waals surface area contributed by atoms with Gasteiger partial charge in [0.05, 0.1) is 0 Å². The van der Waals surface area contributed by atoms with E-state index < -0.39 is 17.1 Å². The number of phenolic OH excluding ortho intramolecular Hbond substituents is 1. The van der Waals surface area contributed by atoms with Crippen molar-refractivity contribution in [3.05, 3.63) is 47.2 Å². The summed E-state index contributed by atoms with van der Waals surface area (Å²) in [5, 5.41) is 28.9. The van der Waals surface area contributed by atoms with Crippen molar-refractivity contribution in [2.75, 3.05) is 0 Å². The van der Waals surface area contributed by atoms with Crippen molar-refractivity contribution in [3.8, 4) is 5.75 Å². The number of benzene rings is 1. The maximum Gasteiger partial charge on any atom is 0.370 e. The first kappa shape index (κ1) is 17.8. The highest BCUT2D eigenvalue weighted by molar-refractivity contribution is 5.89. The first-order valence-electron chi connectivity index (χ1n) is 7.05. The van der Waals surface area contributed by atoms with Crippen molar-refractivity contribution in [1.82, 2.24) is 0 Å². The Morgan fingerprint density at radius 2 is 1.59 bits per heavy atom. The number of aliphatic hydroxyl groups is 1. The first-order valence-corrected chi connectivity index (χ1v) is 7.05. The molecule has 120 valence electrons. The van der Waals surface area contributed by atoms with E-state index in [2.05, 4.69) is 6.58 Å². The Kier molecular flexibility index (Phi) is 4.76. The summed E-state index contributed by atoms with van der Waals surface area (Å²) in [7, 11) is 0. The zero-order valence-electron chi connectivity index (χ0n) is 13.8.